The molecule has 2 rings (SSSR count). The molecule has 0 aliphatic carbocycles. The van der Waals surface area contributed by atoms with Crippen LogP contribution in [-0.4, -0.2) is 14.8 Å². The molecule has 0 aromatic carbocycles. The molecule has 5 heteroatoms. The van der Waals surface area contributed by atoms with Crippen molar-refractivity contribution in [2.75, 3.05) is 5.73 Å². The van der Waals surface area contributed by atoms with E-state index in [9.17, 15) is 0 Å². The van der Waals surface area contributed by atoms with Crippen molar-refractivity contribution >= 4 is 16.3 Å². The summed E-state index contributed by atoms with van der Waals surface area (Å²) in [4.78, 5) is 1.20. The number of nitrogens with two attached hydrogens (primary N) is 1. The van der Waals surface area contributed by atoms with Gasteiger partial charge in [-0.3, -0.25) is 0 Å². The van der Waals surface area contributed by atoms with E-state index in [0.29, 0.717) is 0 Å². The molecule has 4 nitrogen and oxygen atoms in total. The Bertz CT molecular complexity index is 484. The van der Waals surface area contributed by atoms with Gasteiger partial charge in [-0.25, -0.2) is 0 Å². The van der Waals surface area contributed by atoms with E-state index < -0.39 is 0 Å². The third-order valence-corrected chi connectivity index (χ3v) is 3.26. The first-order chi connectivity index (χ1) is 7.13. The highest BCUT2D eigenvalue weighted by atomic mass is 32.1. The van der Waals surface area contributed by atoms with Gasteiger partial charge in [-0.2, -0.15) is 0 Å². The summed E-state index contributed by atoms with van der Waals surface area (Å²) in [6, 6.07) is 2.07. The average Bonchev–Trinajstić information content (AvgIpc) is 2.69. The Morgan fingerprint density at radius 3 is 2.67 bits per heavy atom. The van der Waals surface area contributed by atoms with Crippen molar-refractivity contribution in [2.24, 2.45) is 0 Å². The van der Waals surface area contributed by atoms with E-state index in [1.807, 2.05) is 13.8 Å². The highest BCUT2D eigenvalue weighted by molar-refractivity contribution is 7.16. The van der Waals surface area contributed by atoms with Crippen LogP contribution in [0.1, 0.15) is 17.6 Å². The summed E-state index contributed by atoms with van der Waals surface area (Å²) in [5, 5.41) is 9.06. The minimum Gasteiger partial charge on any atom is -0.390 e. The highest BCUT2D eigenvalue weighted by Crippen LogP contribution is 2.32. The zero-order valence-electron chi connectivity index (χ0n) is 9.11. The fraction of sp³-hybridized carbons (Fsp3) is 0.400. The molecule has 2 heterocycles. The Balaban J connectivity index is 2.58. The van der Waals surface area contributed by atoms with Crippen molar-refractivity contribution in [2.45, 2.75) is 27.3 Å². The minimum atomic E-state index is 0.814. The molecule has 0 bridgehead atoms. The van der Waals surface area contributed by atoms with Crippen molar-refractivity contribution in [3.8, 4) is 11.4 Å². The maximum absolute atomic E-state index is 5.94. The molecular formula is C10H14N4S. The second-order valence-electron chi connectivity index (χ2n) is 3.45. The number of hydrogen-bond donors (Lipinski definition) is 1. The van der Waals surface area contributed by atoms with Crippen LogP contribution in [0.25, 0.3) is 11.4 Å². The maximum Gasteiger partial charge on any atom is 0.166 e. The lowest BCUT2D eigenvalue weighted by atomic mass is 10.2. The zero-order chi connectivity index (χ0) is 11.0. The molecule has 0 aliphatic heterocycles. The maximum atomic E-state index is 5.94. The van der Waals surface area contributed by atoms with Gasteiger partial charge in [0.2, 0.25) is 0 Å². The average molecular weight is 222 g/mol. The van der Waals surface area contributed by atoms with Gasteiger partial charge in [-0.15, -0.1) is 21.5 Å². The van der Waals surface area contributed by atoms with Crippen molar-refractivity contribution in [3.05, 3.63) is 16.8 Å². The van der Waals surface area contributed by atoms with Gasteiger partial charge in [-0.05, 0) is 26.8 Å². The predicted molar refractivity (Wildman–Crippen MR) is 62.9 cm³/mol. The minimum absolute atomic E-state index is 0.814. The van der Waals surface area contributed by atoms with E-state index in [1.165, 1.54) is 4.88 Å². The summed E-state index contributed by atoms with van der Waals surface area (Å²) in [7, 11) is 0. The summed E-state index contributed by atoms with van der Waals surface area (Å²) in [5.41, 5.74) is 6.94. The molecule has 2 aromatic rings. The lowest BCUT2D eigenvalue weighted by Crippen LogP contribution is -2.00. The second-order valence-corrected chi connectivity index (χ2v) is 4.74. The molecule has 0 saturated heterocycles. The van der Waals surface area contributed by atoms with Crippen molar-refractivity contribution in [1.29, 1.82) is 0 Å². The van der Waals surface area contributed by atoms with Crippen molar-refractivity contribution in [1.82, 2.24) is 14.8 Å². The van der Waals surface area contributed by atoms with E-state index >= 15 is 0 Å². The Kier molecular flexibility index (Phi) is 2.48. The predicted octanol–water partition coefficient (Wildman–Crippen LogP) is 2.23. The van der Waals surface area contributed by atoms with E-state index in [4.69, 9.17) is 5.73 Å². The number of nitrogen functional groups attached to an aromatic ring is 1. The molecule has 0 atom stereocenters. The standard InChI is InChI=1S/C10H14N4S/c1-4-14-7(3)12-13-10(14)8-5-6(2)15-9(8)11/h5H,4,11H2,1-3H3. The first-order valence-electron chi connectivity index (χ1n) is 4.89. The van der Waals surface area contributed by atoms with Gasteiger partial charge in [0.1, 0.15) is 5.82 Å². The third kappa shape index (κ3) is 1.63. The molecule has 0 spiro atoms. The van der Waals surface area contributed by atoms with Crippen LogP contribution in [0.15, 0.2) is 6.07 Å². The molecule has 2 N–H and O–H groups in total. The second kappa shape index (κ2) is 3.66. The number of rotatable bonds is 2. The Morgan fingerprint density at radius 1 is 1.40 bits per heavy atom. The van der Waals surface area contributed by atoms with E-state index in [1.54, 1.807) is 11.3 Å². The van der Waals surface area contributed by atoms with Crippen LogP contribution in [0.4, 0.5) is 5.00 Å². The summed E-state index contributed by atoms with van der Waals surface area (Å²) >= 11 is 1.59. The molecule has 0 radical (unpaired) electrons. The quantitative estimate of drug-likeness (QED) is 0.847. The first kappa shape index (κ1) is 10.2. The van der Waals surface area contributed by atoms with Crippen molar-refractivity contribution in [3.63, 3.8) is 0 Å². The summed E-state index contributed by atoms with van der Waals surface area (Å²) < 4.78 is 2.07. The zero-order valence-corrected chi connectivity index (χ0v) is 9.93. The molecule has 0 aliphatic rings. The van der Waals surface area contributed by atoms with Crippen LogP contribution in [0.5, 0.6) is 0 Å². The van der Waals surface area contributed by atoms with E-state index in [-0.39, 0.29) is 0 Å². The fourth-order valence-corrected chi connectivity index (χ4v) is 2.45. The Hall–Kier alpha value is -1.36. The fourth-order valence-electron chi connectivity index (χ4n) is 1.67. The monoisotopic (exact) mass is 222 g/mol. The molecule has 0 fully saturated rings. The summed E-state index contributed by atoms with van der Waals surface area (Å²) in [6.45, 7) is 6.94. The first-order valence-corrected chi connectivity index (χ1v) is 5.71. The van der Waals surface area contributed by atoms with Gasteiger partial charge in [0.15, 0.2) is 5.82 Å². The van der Waals surface area contributed by atoms with Crippen molar-refractivity contribution < 1.29 is 0 Å². The van der Waals surface area contributed by atoms with Crippen LogP contribution in [0.3, 0.4) is 0 Å². The number of hydrogen-bond acceptors (Lipinski definition) is 4. The van der Waals surface area contributed by atoms with E-state index in [2.05, 4.69) is 27.8 Å². The number of aryl methyl sites for hydroxylation is 2. The van der Waals surface area contributed by atoms with Crippen LogP contribution >= 0.6 is 11.3 Å². The van der Waals surface area contributed by atoms with Gasteiger partial charge < -0.3 is 10.3 Å². The van der Waals surface area contributed by atoms with E-state index in [0.717, 1.165) is 28.8 Å². The SMILES string of the molecule is CCn1c(C)nnc1-c1cc(C)sc1N. The normalized spacial score (nSPS) is 10.9. The molecular weight excluding hydrogens is 208 g/mol. The lowest BCUT2D eigenvalue weighted by molar-refractivity contribution is 0.737. The van der Waals surface area contributed by atoms with Gasteiger partial charge >= 0.3 is 0 Å². The van der Waals surface area contributed by atoms with Crippen LogP contribution in [-0.2, 0) is 6.54 Å². The summed E-state index contributed by atoms with van der Waals surface area (Å²) in [5.74, 6) is 1.80. The highest BCUT2D eigenvalue weighted by Gasteiger charge is 2.14. The van der Waals surface area contributed by atoms with Gasteiger partial charge in [0, 0.05) is 11.4 Å². The van der Waals surface area contributed by atoms with Crippen LogP contribution < -0.4 is 5.73 Å². The number of aromatic nitrogens is 3. The van der Waals surface area contributed by atoms with Gasteiger partial charge in [-0.1, -0.05) is 0 Å². The Morgan fingerprint density at radius 2 is 2.13 bits per heavy atom. The van der Waals surface area contributed by atoms with Crippen LogP contribution in [0.2, 0.25) is 0 Å². The van der Waals surface area contributed by atoms with Gasteiger partial charge in [0.05, 0.1) is 10.6 Å². The number of thiophene rings is 1. The number of anilines is 1. The van der Waals surface area contributed by atoms with Crippen LogP contribution in [0, 0.1) is 13.8 Å². The largest absolute Gasteiger partial charge is 0.390 e. The molecule has 0 amide bonds. The lowest BCUT2D eigenvalue weighted by Gasteiger charge is -2.03. The summed E-state index contributed by atoms with van der Waals surface area (Å²) in [6.07, 6.45) is 0. The molecule has 2 aromatic heterocycles. The topological polar surface area (TPSA) is 56.7 Å². The molecule has 0 unspecified atom stereocenters. The smallest absolute Gasteiger partial charge is 0.166 e. The number of nitrogens with zero attached hydrogens (tertiary/aromatic N) is 3. The molecule has 0 saturated carbocycles. The molecule has 15 heavy (non-hydrogen) atoms. The van der Waals surface area contributed by atoms with Gasteiger partial charge in [0.25, 0.3) is 0 Å². The Labute approximate surface area is 92.8 Å². The third-order valence-electron chi connectivity index (χ3n) is 2.38. The molecule has 80 valence electrons.